The van der Waals surface area contributed by atoms with E-state index in [0.29, 0.717) is 11.3 Å². The number of primary amides is 1. The summed E-state index contributed by atoms with van der Waals surface area (Å²) in [7, 11) is 0. The molecule has 0 spiro atoms. The topological polar surface area (TPSA) is 81.4 Å². The van der Waals surface area contributed by atoms with Gasteiger partial charge in [0.2, 0.25) is 5.91 Å². The second-order valence-corrected chi connectivity index (χ2v) is 5.12. The highest BCUT2D eigenvalue weighted by Crippen LogP contribution is 2.10. The second-order valence-electron chi connectivity index (χ2n) is 5.12. The van der Waals surface area contributed by atoms with Crippen LogP contribution in [-0.4, -0.2) is 25.0 Å². The molecule has 3 N–H and O–H groups in total. The number of nitrogens with one attached hydrogen (secondary N) is 1. The standard InChI is InChI=1S/C19H18N2O3/c1-14-4-10-17(11-5-14)24-13-18(22)21-12-2-3-15-6-8-16(9-7-15)19(20)23/h4-11H,12-13H2,1H3,(H2,20,23)(H,21,22). The Morgan fingerprint density at radius 1 is 1.08 bits per heavy atom. The second kappa shape index (κ2) is 8.39. The van der Waals surface area contributed by atoms with E-state index in [2.05, 4.69) is 17.2 Å². The zero-order valence-electron chi connectivity index (χ0n) is 13.3. The van der Waals surface area contributed by atoms with Gasteiger partial charge < -0.3 is 15.8 Å². The van der Waals surface area contributed by atoms with Gasteiger partial charge in [-0.05, 0) is 43.3 Å². The zero-order chi connectivity index (χ0) is 17.4. The predicted octanol–water partition coefficient (Wildman–Crippen LogP) is 1.64. The maximum atomic E-state index is 11.7. The molecule has 2 amide bonds. The van der Waals surface area contributed by atoms with Gasteiger partial charge in [-0.1, -0.05) is 29.5 Å². The lowest BCUT2D eigenvalue weighted by molar-refractivity contribution is -0.122. The van der Waals surface area contributed by atoms with Crippen molar-refractivity contribution in [2.24, 2.45) is 5.73 Å². The Kier molecular flexibility index (Phi) is 5.98. The van der Waals surface area contributed by atoms with E-state index in [1.54, 1.807) is 24.3 Å². The molecule has 0 saturated heterocycles. The minimum absolute atomic E-state index is 0.0575. The van der Waals surface area contributed by atoms with Crippen LogP contribution in [0.3, 0.4) is 0 Å². The molecule has 2 aromatic rings. The number of benzene rings is 2. The maximum absolute atomic E-state index is 11.7. The Hall–Kier alpha value is -3.26. The van der Waals surface area contributed by atoms with E-state index in [-0.39, 0.29) is 19.1 Å². The van der Waals surface area contributed by atoms with Gasteiger partial charge in [0, 0.05) is 11.1 Å². The largest absolute Gasteiger partial charge is 0.484 e. The van der Waals surface area contributed by atoms with Crippen LogP contribution in [0.25, 0.3) is 0 Å². The van der Waals surface area contributed by atoms with Crippen molar-refractivity contribution < 1.29 is 14.3 Å². The van der Waals surface area contributed by atoms with Gasteiger partial charge in [-0.15, -0.1) is 0 Å². The van der Waals surface area contributed by atoms with Crippen molar-refractivity contribution >= 4 is 11.8 Å². The summed E-state index contributed by atoms with van der Waals surface area (Å²) >= 11 is 0. The van der Waals surface area contributed by atoms with Crippen LogP contribution in [0, 0.1) is 18.8 Å². The summed E-state index contributed by atoms with van der Waals surface area (Å²) in [5.74, 6) is 5.65. The van der Waals surface area contributed by atoms with Gasteiger partial charge in [0.05, 0.1) is 6.54 Å². The molecule has 2 aromatic carbocycles. The molecule has 0 unspecified atom stereocenters. The molecular weight excluding hydrogens is 304 g/mol. The molecule has 0 radical (unpaired) electrons. The van der Waals surface area contributed by atoms with Crippen LogP contribution in [0.4, 0.5) is 0 Å². The first-order valence-electron chi connectivity index (χ1n) is 7.39. The van der Waals surface area contributed by atoms with Crippen LogP contribution in [0.5, 0.6) is 5.75 Å². The van der Waals surface area contributed by atoms with E-state index in [0.717, 1.165) is 11.1 Å². The number of aryl methyl sites for hydroxylation is 1. The molecule has 0 aromatic heterocycles. The molecule has 0 fully saturated rings. The summed E-state index contributed by atoms with van der Waals surface area (Å²) in [6.07, 6.45) is 0. The lowest BCUT2D eigenvalue weighted by Crippen LogP contribution is -2.29. The molecule has 0 bridgehead atoms. The molecule has 0 heterocycles. The SMILES string of the molecule is Cc1ccc(OCC(=O)NCC#Cc2ccc(C(N)=O)cc2)cc1. The number of nitrogens with two attached hydrogens (primary N) is 1. The summed E-state index contributed by atoms with van der Waals surface area (Å²) in [5, 5.41) is 2.65. The highest BCUT2D eigenvalue weighted by molar-refractivity contribution is 5.92. The summed E-state index contributed by atoms with van der Waals surface area (Å²) in [6.45, 7) is 2.14. The lowest BCUT2D eigenvalue weighted by Gasteiger charge is -2.05. The molecule has 5 heteroatoms. The Balaban J connectivity index is 1.74. The number of ether oxygens (including phenoxy) is 1. The summed E-state index contributed by atoms with van der Waals surface area (Å²) in [6, 6.07) is 14.1. The Bertz CT molecular complexity index is 769. The number of carbonyl (C=O) groups is 2. The number of hydrogen-bond donors (Lipinski definition) is 2. The van der Waals surface area contributed by atoms with Crippen LogP contribution in [0.15, 0.2) is 48.5 Å². The third-order valence-corrected chi connectivity index (χ3v) is 3.17. The van der Waals surface area contributed by atoms with Crippen molar-refractivity contribution in [2.75, 3.05) is 13.2 Å². The van der Waals surface area contributed by atoms with Crippen molar-refractivity contribution in [3.05, 3.63) is 65.2 Å². The number of amides is 2. The molecule has 0 aliphatic heterocycles. The fraction of sp³-hybridized carbons (Fsp3) is 0.158. The zero-order valence-corrected chi connectivity index (χ0v) is 13.3. The summed E-state index contributed by atoms with van der Waals surface area (Å²) < 4.78 is 5.37. The minimum atomic E-state index is -0.477. The van der Waals surface area contributed by atoms with Gasteiger partial charge in [-0.2, -0.15) is 0 Å². The number of rotatable bonds is 5. The molecule has 0 aliphatic carbocycles. The van der Waals surface area contributed by atoms with E-state index in [4.69, 9.17) is 10.5 Å². The first-order chi connectivity index (χ1) is 11.5. The van der Waals surface area contributed by atoms with E-state index in [9.17, 15) is 9.59 Å². The fourth-order valence-corrected chi connectivity index (χ4v) is 1.84. The van der Waals surface area contributed by atoms with Gasteiger partial charge in [-0.25, -0.2) is 0 Å². The van der Waals surface area contributed by atoms with E-state index >= 15 is 0 Å². The average Bonchev–Trinajstić information content (AvgIpc) is 2.58. The predicted molar refractivity (Wildman–Crippen MR) is 91.5 cm³/mol. The first-order valence-corrected chi connectivity index (χ1v) is 7.39. The van der Waals surface area contributed by atoms with Gasteiger partial charge in [0.1, 0.15) is 5.75 Å². The summed E-state index contributed by atoms with van der Waals surface area (Å²) in [4.78, 5) is 22.6. The fourth-order valence-electron chi connectivity index (χ4n) is 1.84. The van der Waals surface area contributed by atoms with Crippen molar-refractivity contribution in [1.82, 2.24) is 5.32 Å². The van der Waals surface area contributed by atoms with Gasteiger partial charge in [0.25, 0.3) is 5.91 Å². The molecule has 0 atom stereocenters. The van der Waals surface area contributed by atoms with E-state index in [1.165, 1.54) is 0 Å². The Morgan fingerprint density at radius 2 is 1.75 bits per heavy atom. The highest BCUT2D eigenvalue weighted by Gasteiger charge is 2.01. The third-order valence-electron chi connectivity index (χ3n) is 3.17. The first kappa shape index (κ1) is 17.1. The Morgan fingerprint density at radius 3 is 2.38 bits per heavy atom. The van der Waals surface area contributed by atoms with Gasteiger partial charge in [0.15, 0.2) is 6.61 Å². The molecule has 0 aliphatic rings. The van der Waals surface area contributed by atoms with Crippen LogP contribution < -0.4 is 15.8 Å². The molecule has 122 valence electrons. The molecule has 24 heavy (non-hydrogen) atoms. The molecular formula is C19H18N2O3. The minimum Gasteiger partial charge on any atom is -0.484 e. The number of carbonyl (C=O) groups excluding carboxylic acids is 2. The van der Waals surface area contributed by atoms with Crippen LogP contribution >= 0.6 is 0 Å². The Labute approximate surface area is 140 Å². The van der Waals surface area contributed by atoms with Crippen molar-refractivity contribution in [1.29, 1.82) is 0 Å². The lowest BCUT2D eigenvalue weighted by atomic mass is 10.1. The maximum Gasteiger partial charge on any atom is 0.258 e. The quantitative estimate of drug-likeness (QED) is 0.821. The smallest absolute Gasteiger partial charge is 0.258 e. The van der Waals surface area contributed by atoms with Crippen LogP contribution in [-0.2, 0) is 4.79 Å². The monoisotopic (exact) mass is 322 g/mol. The summed E-state index contributed by atoms with van der Waals surface area (Å²) in [5.41, 5.74) is 7.47. The van der Waals surface area contributed by atoms with Crippen LogP contribution in [0.1, 0.15) is 21.5 Å². The van der Waals surface area contributed by atoms with Crippen molar-refractivity contribution in [3.8, 4) is 17.6 Å². The average molecular weight is 322 g/mol. The highest BCUT2D eigenvalue weighted by atomic mass is 16.5. The van der Waals surface area contributed by atoms with Crippen molar-refractivity contribution in [2.45, 2.75) is 6.92 Å². The molecule has 5 nitrogen and oxygen atoms in total. The van der Waals surface area contributed by atoms with Gasteiger partial charge >= 0.3 is 0 Å². The third kappa shape index (κ3) is 5.50. The van der Waals surface area contributed by atoms with E-state index in [1.807, 2.05) is 31.2 Å². The molecule has 2 rings (SSSR count). The van der Waals surface area contributed by atoms with Crippen molar-refractivity contribution in [3.63, 3.8) is 0 Å². The van der Waals surface area contributed by atoms with Gasteiger partial charge in [-0.3, -0.25) is 9.59 Å². The van der Waals surface area contributed by atoms with E-state index < -0.39 is 5.91 Å². The number of hydrogen-bond acceptors (Lipinski definition) is 3. The normalized spacial score (nSPS) is 9.54. The molecule has 0 saturated carbocycles. The van der Waals surface area contributed by atoms with Crippen LogP contribution in [0.2, 0.25) is 0 Å².